The molecular weight excluding hydrogens is 344 g/mol. The number of anilines is 1. The molecule has 0 heterocycles. The third-order valence-corrected chi connectivity index (χ3v) is 4.18. The summed E-state index contributed by atoms with van der Waals surface area (Å²) < 4.78 is 0. The number of nitrogens with one attached hydrogen (secondary N) is 1. The third-order valence-electron chi connectivity index (χ3n) is 4.18. The van der Waals surface area contributed by atoms with Crippen molar-refractivity contribution in [2.24, 2.45) is 10.7 Å². The molecule has 0 aliphatic rings. The summed E-state index contributed by atoms with van der Waals surface area (Å²) in [6.45, 7) is 7.85. The van der Waals surface area contributed by atoms with Gasteiger partial charge >= 0.3 is 0 Å². The Morgan fingerprint density at radius 2 is 1.79 bits per heavy atom. The summed E-state index contributed by atoms with van der Waals surface area (Å²) in [7, 11) is 2.09. The van der Waals surface area contributed by atoms with Crippen molar-refractivity contribution in [1.29, 1.82) is 0 Å². The molecule has 148 valence electrons. The summed E-state index contributed by atoms with van der Waals surface area (Å²) in [6.07, 6.45) is 4.92. The standard InChI is InChI=1S/C24H32N4/c1-5-9-23(27-22-14-12-19(2)13-15-22)16-24(25)26-20(3)17-28(4)18-21-10-7-6-8-11-21/h6-16,27H,5,17-18,25H2,1-4H3/b23-9-,24-16-,26-20+. The molecule has 4 nitrogen and oxygen atoms in total. The van der Waals surface area contributed by atoms with Crippen LogP contribution in [0.3, 0.4) is 0 Å². The van der Waals surface area contributed by atoms with Crippen molar-refractivity contribution >= 4 is 11.4 Å². The molecule has 0 bridgehead atoms. The predicted octanol–water partition coefficient (Wildman–Crippen LogP) is 5.09. The molecule has 2 aromatic rings. The number of aliphatic imine (C=N–C) groups is 1. The van der Waals surface area contributed by atoms with Crippen LogP contribution in [0.1, 0.15) is 31.4 Å². The van der Waals surface area contributed by atoms with Crippen LogP contribution in [-0.4, -0.2) is 24.2 Å². The minimum absolute atomic E-state index is 0.505. The Hall–Kier alpha value is -2.85. The molecule has 2 aromatic carbocycles. The maximum atomic E-state index is 6.19. The second-order valence-corrected chi connectivity index (χ2v) is 7.13. The molecule has 0 unspecified atom stereocenters. The van der Waals surface area contributed by atoms with E-state index in [-0.39, 0.29) is 0 Å². The smallest absolute Gasteiger partial charge is 0.125 e. The number of allylic oxidation sites excluding steroid dienone is 2. The van der Waals surface area contributed by atoms with Gasteiger partial charge in [-0.05, 0) is 45.0 Å². The molecule has 0 radical (unpaired) electrons. The van der Waals surface area contributed by atoms with Gasteiger partial charge < -0.3 is 11.1 Å². The Morgan fingerprint density at radius 1 is 1.11 bits per heavy atom. The molecule has 2 rings (SSSR count). The fraction of sp³-hybridized carbons (Fsp3) is 0.292. The van der Waals surface area contributed by atoms with Gasteiger partial charge in [0.05, 0.1) is 0 Å². The first-order chi connectivity index (χ1) is 13.5. The molecule has 0 atom stereocenters. The minimum Gasteiger partial charge on any atom is -0.384 e. The van der Waals surface area contributed by atoms with Gasteiger partial charge in [0.15, 0.2) is 0 Å². The highest BCUT2D eigenvalue weighted by molar-refractivity contribution is 5.84. The van der Waals surface area contributed by atoms with E-state index in [1.54, 1.807) is 0 Å². The van der Waals surface area contributed by atoms with E-state index in [9.17, 15) is 0 Å². The molecule has 0 fully saturated rings. The van der Waals surface area contributed by atoms with Crippen LogP contribution in [0.25, 0.3) is 0 Å². The van der Waals surface area contributed by atoms with Crippen LogP contribution in [0.4, 0.5) is 5.69 Å². The molecule has 3 N–H and O–H groups in total. The average molecular weight is 377 g/mol. The van der Waals surface area contributed by atoms with E-state index in [1.165, 1.54) is 11.1 Å². The Labute approximate surface area is 169 Å². The first-order valence-corrected chi connectivity index (χ1v) is 9.74. The summed E-state index contributed by atoms with van der Waals surface area (Å²) >= 11 is 0. The zero-order valence-corrected chi connectivity index (χ0v) is 17.4. The second kappa shape index (κ2) is 11.1. The van der Waals surface area contributed by atoms with Crippen LogP contribution in [0.5, 0.6) is 0 Å². The first kappa shape index (κ1) is 21.5. The van der Waals surface area contributed by atoms with E-state index in [2.05, 4.69) is 90.7 Å². The Morgan fingerprint density at radius 3 is 2.43 bits per heavy atom. The minimum atomic E-state index is 0.505. The molecule has 0 aliphatic carbocycles. The highest BCUT2D eigenvalue weighted by Crippen LogP contribution is 2.13. The van der Waals surface area contributed by atoms with Gasteiger partial charge in [0.25, 0.3) is 0 Å². The van der Waals surface area contributed by atoms with Crippen molar-refractivity contribution in [1.82, 2.24) is 4.90 Å². The van der Waals surface area contributed by atoms with Crippen molar-refractivity contribution in [2.75, 3.05) is 18.9 Å². The lowest BCUT2D eigenvalue weighted by Gasteiger charge is -2.16. The normalized spacial score (nSPS) is 13.1. The largest absolute Gasteiger partial charge is 0.384 e. The van der Waals surface area contributed by atoms with Crippen LogP contribution in [0.2, 0.25) is 0 Å². The highest BCUT2D eigenvalue weighted by Gasteiger charge is 2.03. The monoisotopic (exact) mass is 376 g/mol. The van der Waals surface area contributed by atoms with E-state index in [0.29, 0.717) is 5.82 Å². The van der Waals surface area contributed by atoms with E-state index < -0.39 is 0 Å². The van der Waals surface area contributed by atoms with Crippen molar-refractivity contribution in [2.45, 2.75) is 33.7 Å². The maximum Gasteiger partial charge on any atom is 0.125 e. The molecule has 0 aromatic heterocycles. The summed E-state index contributed by atoms with van der Waals surface area (Å²) in [6, 6.07) is 18.7. The molecule has 0 amide bonds. The van der Waals surface area contributed by atoms with E-state index >= 15 is 0 Å². The predicted molar refractivity (Wildman–Crippen MR) is 121 cm³/mol. The third kappa shape index (κ3) is 7.80. The fourth-order valence-electron chi connectivity index (χ4n) is 2.96. The Balaban J connectivity index is 1.99. The molecule has 28 heavy (non-hydrogen) atoms. The van der Waals surface area contributed by atoms with Gasteiger partial charge in [0, 0.05) is 36.3 Å². The van der Waals surface area contributed by atoms with E-state index in [1.807, 2.05) is 19.1 Å². The van der Waals surface area contributed by atoms with Gasteiger partial charge in [0.2, 0.25) is 0 Å². The van der Waals surface area contributed by atoms with E-state index in [0.717, 1.165) is 36.6 Å². The molecule has 0 spiro atoms. The molecular formula is C24H32N4. The van der Waals surface area contributed by atoms with Gasteiger partial charge in [-0.3, -0.25) is 4.90 Å². The van der Waals surface area contributed by atoms with Gasteiger partial charge in [-0.1, -0.05) is 61.0 Å². The van der Waals surface area contributed by atoms with Crippen LogP contribution in [-0.2, 0) is 6.54 Å². The molecule has 0 aliphatic heterocycles. The summed E-state index contributed by atoms with van der Waals surface area (Å²) in [4.78, 5) is 6.80. The fourth-order valence-corrected chi connectivity index (χ4v) is 2.96. The van der Waals surface area contributed by atoms with Gasteiger partial charge in [-0.2, -0.15) is 0 Å². The maximum absolute atomic E-state index is 6.19. The zero-order valence-electron chi connectivity index (χ0n) is 17.4. The number of benzene rings is 2. The molecule has 0 saturated heterocycles. The number of hydrogen-bond acceptors (Lipinski definition) is 4. The van der Waals surface area contributed by atoms with Crippen molar-refractivity contribution in [3.05, 3.63) is 89.4 Å². The number of rotatable bonds is 9. The zero-order chi connectivity index (χ0) is 20.4. The number of nitrogens with two attached hydrogens (primary N) is 1. The Bertz CT molecular complexity index is 817. The first-order valence-electron chi connectivity index (χ1n) is 9.74. The van der Waals surface area contributed by atoms with Crippen molar-refractivity contribution < 1.29 is 0 Å². The summed E-state index contributed by atoms with van der Waals surface area (Å²) in [5.41, 5.74) is 11.7. The lowest BCUT2D eigenvalue weighted by Crippen LogP contribution is -2.24. The summed E-state index contributed by atoms with van der Waals surface area (Å²) in [5, 5.41) is 3.41. The van der Waals surface area contributed by atoms with Crippen LogP contribution in [0, 0.1) is 6.92 Å². The quantitative estimate of drug-likeness (QED) is 0.473. The van der Waals surface area contributed by atoms with Crippen molar-refractivity contribution in [3.63, 3.8) is 0 Å². The summed E-state index contributed by atoms with van der Waals surface area (Å²) in [5.74, 6) is 0.505. The Kier molecular flexibility index (Phi) is 8.50. The second-order valence-electron chi connectivity index (χ2n) is 7.13. The van der Waals surface area contributed by atoms with Gasteiger partial charge in [-0.15, -0.1) is 0 Å². The van der Waals surface area contributed by atoms with Crippen LogP contribution in [0.15, 0.2) is 83.3 Å². The van der Waals surface area contributed by atoms with Crippen LogP contribution >= 0.6 is 0 Å². The lowest BCUT2D eigenvalue weighted by atomic mass is 10.2. The average Bonchev–Trinajstić information content (AvgIpc) is 2.64. The van der Waals surface area contributed by atoms with Gasteiger partial charge in [0.1, 0.15) is 5.82 Å². The number of nitrogens with zero attached hydrogens (tertiary/aromatic N) is 2. The lowest BCUT2D eigenvalue weighted by molar-refractivity contribution is 0.373. The number of aryl methyl sites for hydroxylation is 1. The van der Waals surface area contributed by atoms with E-state index in [4.69, 9.17) is 5.73 Å². The van der Waals surface area contributed by atoms with Crippen LogP contribution < -0.4 is 11.1 Å². The SMILES string of the molecule is CC/C=C(/C=C(N)\N=C(/C)CN(C)Cc1ccccc1)Nc1ccc(C)cc1. The molecule has 4 heteroatoms. The molecule has 0 saturated carbocycles. The highest BCUT2D eigenvalue weighted by atomic mass is 15.1. The topological polar surface area (TPSA) is 53.6 Å². The van der Waals surface area contributed by atoms with Gasteiger partial charge in [-0.25, -0.2) is 4.99 Å². The van der Waals surface area contributed by atoms with Crippen molar-refractivity contribution in [3.8, 4) is 0 Å². The number of hydrogen-bond donors (Lipinski definition) is 2.